The van der Waals surface area contributed by atoms with E-state index in [1.165, 1.54) is 0 Å². The number of hydrogen-bond donors (Lipinski definition) is 1. The molecule has 1 saturated heterocycles. The van der Waals surface area contributed by atoms with Gasteiger partial charge in [0.15, 0.2) is 5.60 Å². The number of morpholine rings is 1. The molecule has 6 heteroatoms. The van der Waals surface area contributed by atoms with Crippen LogP contribution >= 0.6 is 0 Å². The van der Waals surface area contributed by atoms with Crippen molar-refractivity contribution in [2.24, 2.45) is 5.73 Å². The fraction of sp³-hybridized carbons (Fsp3) is 0.545. The zero-order valence-electron chi connectivity index (χ0n) is 10.0. The molecule has 2 heterocycles. The highest BCUT2D eigenvalue weighted by Crippen LogP contribution is 2.21. The van der Waals surface area contributed by atoms with Crippen LogP contribution in [0.5, 0.6) is 0 Å². The number of nitrogens with zero attached hydrogens (tertiary/aromatic N) is 3. The number of primary amides is 1. The number of rotatable bonds is 2. The Morgan fingerprint density at radius 1 is 1.65 bits per heavy atom. The van der Waals surface area contributed by atoms with Crippen LogP contribution in [0.3, 0.4) is 0 Å². The van der Waals surface area contributed by atoms with Gasteiger partial charge in [0.25, 0.3) is 5.91 Å². The summed E-state index contributed by atoms with van der Waals surface area (Å²) in [5, 5.41) is 0. The minimum atomic E-state index is -0.947. The second-order valence-electron chi connectivity index (χ2n) is 4.33. The second kappa shape index (κ2) is 4.29. The first-order valence-electron chi connectivity index (χ1n) is 5.50. The van der Waals surface area contributed by atoms with E-state index in [9.17, 15) is 4.79 Å². The molecule has 1 atom stereocenters. The largest absolute Gasteiger partial charge is 0.367 e. The van der Waals surface area contributed by atoms with Crippen molar-refractivity contribution in [2.75, 3.05) is 24.6 Å². The van der Waals surface area contributed by atoms with E-state index in [-0.39, 0.29) is 0 Å². The normalized spacial score (nSPS) is 24.7. The van der Waals surface area contributed by atoms with Crippen molar-refractivity contribution < 1.29 is 9.53 Å². The van der Waals surface area contributed by atoms with Crippen LogP contribution in [0, 0.1) is 6.92 Å². The molecule has 1 fully saturated rings. The van der Waals surface area contributed by atoms with Crippen LogP contribution in [0.2, 0.25) is 0 Å². The molecule has 0 aromatic carbocycles. The summed E-state index contributed by atoms with van der Waals surface area (Å²) in [6.45, 7) is 5.10. The number of amides is 1. The average molecular weight is 236 g/mol. The molecule has 2 N–H and O–H groups in total. The highest BCUT2D eigenvalue weighted by Gasteiger charge is 2.38. The van der Waals surface area contributed by atoms with Gasteiger partial charge < -0.3 is 15.4 Å². The molecule has 0 saturated carbocycles. The first-order chi connectivity index (χ1) is 8.01. The second-order valence-corrected chi connectivity index (χ2v) is 4.33. The summed E-state index contributed by atoms with van der Waals surface area (Å²) < 4.78 is 5.45. The molecule has 1 aromatic heterocycles. The fourth-order valence-corrected chi connectivity index (χ4v) is 1.83. The highest BCUT2D eigenvalue weighted by molar-refractivity contribution is 5.84. The lowest BCUT2D eigenvalue weighted by molar-refractivity contribution is -0.142. The third-order valence-electron chi connectivity index (χ3n) is 2.88. The molecule has 1 amide bonds. The lowest BCUT2D eigenvalue weighted by Gasteiger charge is -2.38. The molecule has 2 rings (SSSR count). The summed E-state index contributed by atoms with van der Waals surface area (Å²) in [6.07, 6.45) is 1.70. The molecule has 6 nitrogen and oxygen atoms in total. The molecule has 0 radical (unpaired) electrons. The average Bonchev–Trinajstić information content (AvgIpc) is 2.29. The van der Waals surface area contributed by atoms with E-state index in [0.29, 0.717) is 25.5 Å². The maximum absolute atomic E-state index is 11.4. The van der Waals surface area contributed by atoms with E-state index in [4.69, 9.17) is 10.5 Å². The molecule has 0 spiro atoms. The monoisotopic (exact) mass is 236 g/mol. The number of aryl methyl sites for hydroxylation is 1. The van der Waals surface area contributed by atoms with Gasteiger partial charge in [-0.15, -0.1) is 0 Å². The zero-order chi connectivity index (χ0) is 12.5. The van der Waals surface area contributed by atoms with Crippen LogP contribution in [-0.4, -0.2) is 41.2 Å². The van der Waals surface area contributed by atoms with Gasteiger partial charge in [0, 0.05) is 12.7 Å². The number of carbonyl (C=O) groups is 1. The van der Waals surface area contributed by atoms with Gasteiger partial charge >= 0.3 is 0 Å². The van der Waals surface area contributed by atoms with Crippen LogP contribution in [0.4, 0.5) is 5.82 Å². The predicted octanol–water partition coefficient (Wildman–Crippen LogP) is -0.134. The van der Waals surface area contributed by atoms with Crippen molar-refractivity contribution in [3.63, 3.8) is 0 Å². The van der Waals surface area contributed by atoms with E-state index in [1.807, 2.05) is 17.9 Å². The summed E-state index contributed by atoms with van der Waals surface area (Å²) in [5.74, 6) is 1.05. The van der Waals surface area contributed by atoms with Crippen LogP contribution in [0.1, 0.15) is 12.7 Å². The Kier molecular flexibility index (Phi) is 2.97. The molecule has 17 heavy (non-hydrogen) atoms. The van der Waals surface area contributed by atoms with Gasteiger partial charge in [-0.2, -0.15) is 0 Å². The van der Waals surface area contributed by atoms with Crippen LogP contribution in [-0.2, 0) is 9.53 Å². The number of hydrogen-bond acceptors (Lipinski definition) is 5. The summed E-state index contributed by atoms with van der Waals surface area (Å²) in [5.41, 5.74) is 4.40. The number of carbonyl (C=O) groups excluding carboxylic acids is 1. The fourth-order valence-electron chi connectivity index (χ4n) is 1.83. The molecule has 1 aromatic rings. The number of anilines is 1. The number of ether oxygens (including phenoxy) is 1. The van der Waals surface area contributed by atoms with E-state index in [0.717, 1.165) is 5.82 Å². The zero-order valence-corrected chi connectivity index (χ0v) is 10.0. The Morgan fingerprint density at radius 2 is 2.41 bits per heavy atom. The first-order valence-corrected chi connectivity index (χ1v) is 5.50. The Labute approximate surface area is 99.8 Å². The van der Waals surface area contributed by atoms with Crippen molar-refractivity contribution in [3.8, 4) is 0 Å². The summed E-state index contributed by atoms with van der Waals surface area (Å²) >= 11 is 0. The molecular formula is C11H16N4O2. The molecule has 1 aliphatic rings. The Hall–Kier alpha value is -1.69. The van der Waals surface area contributed by atoms with Gasteiger partial charge in [-0.05, 0) is 19.9 Å². The smallest absolute Gasteiger partial charge is 0.251 e. The standard InChI is InChI=1S/C11H16N4O2/c1-8-13-4-3-9(14-8)15-5-6-17-11(2,7-15)10(12)16/h3-4H,5-7H2,1-2H3,(H2,12,16)/t11-/m1/s1. The molecular weight excluding hydrogens is 220 g/mol. The van der Waals surface area contributed by atoms with Crippen molar-refractivity contribution in [2.45, 2.75) is 19.4 Å². The summed E-state index contributed by atoms with van der Waals surface area (Å²) in [7, 11) is 0. The number of aromatic nitrogens is 2. The van der Waals surface area contributed by atoms with Crippen molar-refractivity contribution in [3.05, 3.63) is 18.1 Å². The lowest BCUT2D eigenvalue weighted by atomic mass is 10.0. The van der Waals surface area contributed by atoms with Gasteiger partial charge in [0.05, 0.1) is 13.2 Å². The molecule has 0 aliphatic carbocycles. The SMILES string of the molecule is Cc1nccc(N2CCO[C@@](C)(C(N)=O)C2)n1. The summed E-state index contributed by atoms with van der Waals surface area (Å²) in [6, 6.07) is 1.82. The molecule has 1 aliphatic heterocycles. The van der Waals surface area contributed by atoms with Gasteiger partial charge in [-0.3, -0.25) is 4.79 Å². The van der Waals surface area contributed by atoms with Gasteiger partial charge in [0.1, 0.15) is 11.6 Å². The quantitative estimate of drug-likeness (QED) is 0.773. The first kappa shape index (κ1) is 11.8. The van der Waals surface area contributed by atoms with E-state index in [1.54, 1.807) is 13.1 Å². The van der Waals surface area contributed by atoms with Gasteiger partial charge in [0.2, 0.25) is 0 Å². The minimum Gasteiger partial charge on any atom is -0.367 e. The van der Waals surface area contributed by atoms with Crippen molar-refractivity contribution >= 4 is 11.7 Å². The third-order valence-corrected chi connectivity index (χ3v) is 2.88. The van der Waals surface area contributed by atoms with Crippen molar-refractivity contribution in [1.29, 1.82) is 0 Å². The van der Waals surface area contributed by atoms with Crippen molar-refractivity contribution in [1.82, 2.24) is 9.97 Å². The van der Waals surface area contributed by atoms with E-state index in [2.05, 4.69) is 9.97 Å². The topological polar surface area (TPSA) is 81.3 Å². The van der Waals surface area contributed by atoms with Crippen LogP contribution < -0.4 is 10.6 Å². The molecule has 92 valence electrons. The van der Waals surface area contributed by atoms with E-state index < -0.39 is 11.5 Å². The van der Waals surface area contributed by atoms with Crippen LogP contribution in [0.25, 0.3) is 0 Å². The molecule has 0 bridgehead atoms. The lowest BCUT2D eigenvalue weighted by Crippen LogP contribution is -2.57. The highest BCUT2D eigenvalue weighted by atomic mass is 16.5. The Morgan fingerprint density at radius 3 is 3.06 bits per heavy atom. The minimum absolute atomic E-state index is 0.415. The predicted molar refractivity (Wildman–Crippen MR) is 62.5 cm³/mol. The maximum Gasteiger partial charge on any atom is 0.251 e. The van der Waals surface area contributed by atoms with Crippen LogP contribution in [0.15, 0.2) is 12.3 Å². The van der Waals surface area contributed by atoms with Gasteiger partial charge in [-0.25, -0.2) is 9.97 Å². The summed E-state index contributed by atoms with van der Waals surface area (Å²) in [4.78, 5) is 21.7. The maximum atomic E-state index is 11.4. The Balaban J connectivity index is 2.20. The molecule has 0 unspecified atom stereocenters. The Bertz CT molecular complexity index is 437. The number of nitrogens with two attached hydrogens (primary N) is 1. The van der Waals surface area contributed by atoms with E-state index >= 15 is 0 Å². The van der Waals surface area contributed by atoms with Gasteiger partial charge in [-0.1, -0.05) is 0 Å². The third kappa shape index (κ3) is 2.36.